The van der Waals surface area contributed by atoms with E-state index in [2.05, 4.69) is 10.0 Å². The zero-order valence-electron chi connectivity index (χ0n) is 13.0. The molecular weight excluding hydrogens is 286 g/mol. The van der Waals surface area contributed by atoms with Gasteiger partial charge in [-0.25, -0.2) is 0 Å². The average molecular weight is 311 g/mol. The second kappa shape index (κ2) is 6.77. The average Bonchev–Trinajstić information content (AvgIpc) is 3.22. The van der Waals surface area contributed by atoms with Gasteiger partial charge >= 0.3 is 10.2 Å². The number of hydrogen-bond acceptors (Lipinski definition) is 3. The first-order valence-corrected chi connectivity index (χ1v) is 8.87. The summed E-state index contributed by atoms with van der Waals surface area (Å²) in [6.07, 6.45) is 3.32. The predicted molar refractivity (Wildman–Crippen MR) is 86.7 cm³/mol. The molecule has 0 spiro atoms. The van der Waals surface area contributed by atoms with Gasteiger partial charge < -0.3 is 5.32 Å². The van der Waals surface area contributed by atoms with Gasteiger partial charge in [0.25, 0.3) is 0 Å². The van der Waals surface area contributed by atoms with Crippen molar-refractivity contribution in [1.82, 2.24) is 9.62 Å². The van der Waals surface area contributed by atoms with Crippen LogP contribution < -0.4 is 10.0 Å². The number of anilines is 1. The number of hydrogen-bond donors (Lipinski definition) is 2. The Bertz CT molecular complexity index is 583. The summed E-state index contributed by atoms with van der Waals surface area (Å²) in [4.78, 5) is 0. The lowest BCUT2D eigenvalue weighted by Crippen LogP contribution is -2.34. The van der Waals surface area contributed by atoms with Crippen LogP contribution in [0.5, 0.6) is 0 Å². The molecule has 0 aliphatic heterocycles. The third-order valence-electron chi connectivity index (χ3n) is 3.70. The normalized spacial score (nSPS) is 15.4. The molecule has 0 heterocycles. The summed E-state index contributed by atoms with van der Waals surface area (Å²) in [6.45, 7) is 5.23. The fourth-order valence-corrected chi connectivity index (χ4v) is 3.10. The minimum Gasteiger partial charge on any atom is -0.314 e. The Balaban J connectivity index is 1.88. The fraction of sp³-hybridized carbons (Fsp3) is 0.600. The molecule has 0 atom stereocenters. The molecular formula is C15H25N3O2S. The largest absolute Gasteiger partial charge is 0.314 e. The zero-order valence-corrected chi connectivity index (χ0v) is 13.8. The van der Waals surface area contributed by atoms with Gasteiger partial charge in [0.2, 0.25) is 0 Å². The highest BCUT2D eigenvalue weighted by atomic mass is 32.2. The quantitative estimate of drug-likeness (QED) is 0.722. The van der Waals surface area contributed by atoms with Crippen LogP contribution in [0.4, 0.5) is 5.69 Å². The molecule has 2 N–H and O–H groups in total. The molecule has 0 bridgehead atoms. The van der Waals surface area contributed by atoms with Crippen LogP contribution in [0.15, 0.2) is 18.2 Å². The van der Waals surface area contributed by atoms with E-state index in [4.69, 9.17) is 0 Å². The monoisotopic (exact) mass is 311 g/mol. The standard InChI is InChI=1S/C15H25N3O2S/c1-12-5-6-13(2)15(11-12)17-21(19,20)18(3)10-4-9-16-14-7-8-14/h5-6,11,14,16-17H,4,7-10H2,1-3H3. The van der Waals surface area contributed by atoms with Crippen molar-refractivity contribution in [1.29, 1.82) is 0 Å². The molecule has 2 rings (SSSR count). The van der Waals surface area contributed by atoms with Crippen LogP contribution in [0.25, 0.3) is 0 Å². The molecule has 5 nitrogen and oxygen atoms in total. The Morgan fingerprint density at radius 3 is 2.67 bits per heavy atom. The van der Waals surface area contributed by atoms with E-state index in [1.54, 1.807) is 7.05 Å². The topological polar surface area (TPSA) is 61.4 Å². The third-order valence-corrected chi connectivity index (χ3v) is 5.18. The Labute approximate surface area is 127 Å². The van der Waals surface area contributed by atoms with Gasteiger partial charge in [0.15, 0.2) is 0 Å². The van der Waals surface area contributed by atoms with E-state index in [9.17, 15) is 8.42 Å². The molecule has 1 saturated carbocycles. The third kappa shape index (κ3) is 4.98. The minimum atomic E-state index is -3.48. The Hall–Kier alpha value is -1.11. The summed E-state index contributed by atoms with van der Waals surface area (Å²) < 4.78 is 28.6. The molecule has 0 aromatic heterocycles. The predicted octanol–water partition coefficient (Wildman–Crippen LogP) is 2.03. The molecule has 1 aromatic rings. The smallest absolute Gasteiger partial charge is 0.301 e. The summed E-state index contributed by atoms with van der Waals surface area (Å²) in [5.74, 6) is 0. The van der Waals surface area contributed by atoms with Crippen LogP contribution >= 0.6 is 0 Å². The van der Waals surface area contributed by atoms with E-state index in [1.807, 2.05) is 32.0 Å². The van der Waals surface area contributed by atoms with Crippen molar-refractivity contribution in [3.05, 3.63) is 29.3 Å². The minimum absolute atomic E-state index is 0.514. The van der Waals surface area contributed by atoms with Crippen LogP contribution in [-0.2, 0) is 10.2 Å². The van der Waals surface area contributed by atoms with Crippen molar-refractivity contribution in [3.63, 3.8) is 0 Å². The van der Waals surface area contributed by atoms with Gasteiger partial charge in [0.05, 0.1) is 5.69 Å². The van der Waals surface area contributed by atoms with Crippen LogP contribution in [0, 0.1) is 13.8 Å². The molecule has 0 radical (unpaired) electrons. The highest BCUT2D eigenvalue weighted by Crippen LogP contribution is 2.19. The number of nitrogens with one attached hydrogen (secondary N) is 2. The first-order valence-electron chi connectivity index (χ1n) is 7.43. The molecule has 1 aromatic carbocycles. The lowest BCUT2D eigenvalue weighted by Gasteiger charge is -2.19. The maximum absolute atomic E-state index is 12.3. The van der Waals surface area contributed by atoms with E-state index in [1.165, 1.54) is 17.1 Å². The summed E-state index contributed by atoms with van der Waals surface area (Å²) in [5.41, 5.74) is 2.61. The van der Waals surface area contributed by atoms with Crippen LogP contribution in [-0.4, -0.2) is 38.9 Å². The van der Waals surface area contributed by atoms with Crippen molar-refractivity contribution >= 4 is 15.9 Å². The van der Waals surface area contributed by atoms with Gasteiger partial charge in [-0.1, -0.05) is 12.1 Å². The molecule has 6 heteroatoms. The van der Waals surface area contributed by atoms with Gasteiger partial charge in [-0.2, -0.15) is 12.7 Å². The zero-order chi connectivity index (χ0) is 15.5. The molecule has 1 aliphatic carbocycles. The molecule has 0 amide bonds. The van der Waals surface area contributed by atoms with Crippen molar-refractivity contribution in [2.75, 3.05) is 24.9 Å². The fourth-order valence-electron chi connectivity index (χ4n) is 2.08. The summed E-state index contributed by atoms with van der Waals surface area (Å²) in [6, 6.07) is 6.42. The van der Waals surface area contributed by atoms with Crippen LogP contribution in [0.3, 0.4) is 0 Å². The molecule has 1 fully saturated rings. The second-order valence-electron chi connectivity index (χ2n) is 5.83. The van der Waals surface area contributed by atoms with E-state index in [-0.39, 0.29) is 0 Å². The van der Waals surface area contributed by atoms with Gasteiger partial charge in [0.1, 0.15) is 0 Å². The lowest BCUT2D eigenvalue weighted by atomic mass is 10.1. The number of benzene rings is 1. The lowest BCUT2D eigenvalue weighted by molar-refractivity contribution is 0.458. The number of rotatable bonds is 8. The van der Waals surface area contributed by atoms with Crippen LogP contribution in [0.2, 0.25) is 0 Å². The van der Waals surface area contributed by atoms with E-state index in [0.717, 1.165) is 24.1 Å². The Kier molecular flexibility index (Phi) is 5.24. The molecule has 21 heavy (non-hydrogen) atoms. The van der Waals surface area contributed by atoms with Crippen molar-refractivity contribution in [2.45, 2.75) is 39.2 Å². The van der Waals surface area contributed by atoms with Gasteiger partial charge in [-0.05, 0) is 56.8 Å². The van der Waals surface area contributed by atoms with Crippen molar-refractivity contribution < 1.29 is 8.42 Å². The second-order valence-corrected chi connectivity index (χ2v) is 7.61. The SMILES string of the molecule is Cc1ccc(C)c(NS(=O)(=O)N(C)CCCNC2CC2)c1. The van der Waals surface area contributed by atoms with Gasteiger partial charge in [-0.15, -0.1) is 0 Å². The van der Waals surface area contributed by atoms with E-state index < -0.39 is 10.2 Å². The van der Waals surface area contributed by atoms with Crippen molar-refractivity contribution in [2.24, 2.45) is 0 Å². The van der Waals surface area contributed by atoms with Gasteiger partial charge in [0, 0.05) is 19.6 Å². The van der Waals surface area contributed by atoms with Crippen molar-refractivity contribution in [3.8, 4) is 0 Å². The Morgan fingerprint density at radius 2 is 2.00 bits per heavy atom. The first kappa shape index (κ1) is 16.3. The van der Waals surface area contributed by atoms with E-state index in [0.29, 0.717) is 18.3 Å². The number of nitrogens with zero attached hydrogens (tertiary/aromatic N) is 1. The summed E-state index contributed by atoms with van der Waals surface area (Å²) in [5, 5.41) is 3.39. The highest BCUT2D eigenvalue weighted by Gasteiger charge is 2.21. The number of aryl methyl sites for hydroxylation is 2. The molecule has 0 unspecified atom stereocenters. The summed E-state index contributed by atoms with van der Waals surface area (Å²) >= 11 is 0. The van der Waals surface area contributed by atoms with E-state index >= 15 is 0 Å². The Morgan fingerprint density at radius 1 is 1.29 bits per heavy atom. The highest BCUT2D eigenvalue weighted by molar-refractivity contribution is 7.90. The van der Waals surface area contributed by atoms with Gasteiger partial charge in [-0.3, -0.25) is 4.72 Å². The van der Waals surface area contributed by atoms with Crippen LogP contribution in [0.1, 0.15) is 30.4 Å². The molecule has 0 saturated heterocycles. The first-order chi connectivity index (χ1) is 9.88. The molecule has 118 valence electrons. The summed E-state index contributed by atoms with van der Waals surface area (Å²) in [7, 11) is -1.87. The molecule has 1 aliphatic rings. The maximum atomic E-state index is 12.3. The maximum Gasteiger partial charge on any atom is 0.301 e.